The van der Waals surface area contributed by atoms with Crippen molar-refractivity contribution >= 4 is 26.8 Å². The van der Waals surface area contributed by atoms with Gasteiger partial charge in [0, 0.05) is 0 Å². The number of sulfonamides is 1. The van der Waals surface area contributed by atoms with Crippen LogP contribution in [0.2, 0.25) is 0 Å². The zero-order valence-electron chi connectivity index (χ0n) is 8.56. The Balaban J connectivity index is 0.00000225. The summed E-state index contributed by atoms with van der Waals surface area (Å²) in [5, 5.41) is 0. The minimum Gasteiger partial charge on any atom is -0.768 e. The van der Waals surface area contributed by atoms with E-state index in [0.29, 0.717) is 0 Å². The SMILES string of the molecule is CS(=O)(=O)Nc1ccc(S(=O)[O-])c(F)c1.[Na+]. The molecule has 0 aliphatic carbocycles. The van der Waals surface area contributed by atoms with E-state index in [1.54, 1.807) is 0 Å². The molecule has 1 rings (SSSR count). The molecule has 0 aromatic heterocycles. The molecule has 0 aliphatic rings. The predicted molar refractivity (Wildman–Crippen MR) is 52.1 cm³/mol. The van der Waals surface area contributed by atoms with E-state index >= 15 is 0 Å². The van der Waals surface area contributed by atoms with Gasteiger partial charge in [-0.25, -0.2) is 12.8 Å². The van der Waals surface area contributed by atoms with Gasteiger partial charge < -0.3 is 4.55 Å². The first kappa shape index (κ1) is 16.0. The molecule has 0 bridgehead atoms. The third kappa shape index (κ3) is 4.89. The smallest absolute Gasteiger partial charge is 0.768 e. The average Bonchev–Trinajstić information content (AvgIpc) is 1.99. The molecule has 1 aromatic carbocycles. The molecule has 1 unspecified atom stereocenters. The van der Waals surface area contributed by atoms with Gasteiger partial charge in [0.15, 0.2) is 0 Å². The van der Waals surface area contributed by atoms with Crippen LogP contribution in [0.3, 0.4) is 0 Å². The quantitative estimate of drug-likeness (QED) is 0.485. The van der Waals surface area contributed by atoms with Crippen LogP contribution in [0.4, 0.5) is 10.1 Å². The molecule has 84 valence electrons. The zero-order valence-corrected chi connectivity index (χ0v) is 12.2. The van der Waals surface area contributed by atoms with E-state index in [9.17, 15) is 21.6 Å². The molecule has 0 radical (unpaired) electrons. The molecular formula is C7H7FNNaO4S2. The van der Waals surface area contributed by atoms with E-state index in [1.165, 1.54) is 0 Å². The first-order chi connectivity index (χ1) is 6.79. The predicted octanol–water partition coefficient (Wildman–Crippen LogP) is -2.56. The van der Waals surface area contributed by atoms with Crippen LogP contribution in [0.1, 0.15) is 0 Å². The number of nitrogens with one attached hydrogen (secondary N) is 1. The minimum absolute atomic E-state index is 0. The molecular weight excluding hydrogens is 268 g/mol. The van der Waals surface area contributed by atoms with E-state index in [1.807, 2.05) is 4.72 Å². The van der Waals surface area contributed by atoms with Gasteiger partial charge in [-0.15, -0.1) is 0 Å². The van der Waals surface area contributed by atoms with Crippen LogP contribution in [0, 0.1) is 5.82 Å². The second-order valence-corrected chi connectivity index (χ2v) is 5.41. The molecule has 0 heterocycles. The molecule has 9 heteroatoms. The van der Waals surface area contributed by atoms with Crippen molar-refractivity contribution in [2.75, 3.05) is 11.0 Å². The molecule has 5 nitrogen and oxygen atoms in total. The van der Waals surface area contributed by atoms with Gasteiger partial charge in [-0.1, -0.05) is 0 Å². The number of anilines is 1. The number of hydrogen-bond donors (Lipinski definition) is 1. The maximum Gasteiger partial charge on any atom is 1.00 e. The van der Waals surface area contributed by atoms with Gasteiger partial charge >= 0.3 is 29.6 Å². The summed E-state index contributed by atoms with van der Waals surface area (Å²) in [7, 11) is -3.50. The van der Waals surface area contributed by atoms with Crippen molar-refractivity contribution in [3.8, 4) is 0 Å². The van der Waals surface area contributed by atoms with Crippen LogP contribution in [0.5, 0.6) is 0 Å². The molecule has 0 amide bonds. The normalized spacial score (nSPS) is 12.7. The first-order valence-electron chi connectivity index (χ1n) is 3.66. The van der Waals surface area contributed by atoms with Crippen LogP contribution in [0.15, 0.2) is 23.1 Å². The molecule has 1 N–H and O–H groups in total. The Kier molecular flexibility index (Phi) is 6.09. The van der Waals surface area contributed by atoms with Crippen LogP contribution in [0.25, 0.3) is 0 Å². The monoisotopic (exact) mass is 275 g/mol. The zero-order chi connectivity index (χ0) is 11.6. The molecule has 0 spiro atoms. The standard InChI is InChI=1S/C7H8FNO4S2.Na/c1-15(12,13)9-5-2-3-7(14(10)11)6(8)4-5;/h2-4,9H,1H3,(H,10,11);/q;+1/p-1. The summed E-state index contributed by atoms with van der Waals surface area (Å²) in [5.41, 5.74) is -0.0239. The van der Waals surface area contributed by atoms with Crippen molar-refractivity contribution in [3.63, 3.8) is 0 Å². The van der Waals surface area contributed by atoms with E-state index in [4.69, 9.17) is 0 Å². The van der Waals surface area contributed by atoms with Crippen molar-refractivity contribution in [1.82, 2.24) is 0 Å². The van der Waals surface area contributed by atoms with E-state index < -0.39 is 31.8 Å². The van der Waals surface area contributed by atoms with Gasteiger partial charge in [0.05, 0.1) is 16.8 Å². The topological polar surface area (TPSA) is 86.3 Å². The molecule has 0 aliphatic heterocycles. The number of halogens is 1. The Morgan fingerprint density at radius 1 is 1.44 bits per heavy atom. The first-order valence-corrected chi connectivity index (χ1v) is 6.63. The van der Waals surface area contributed by atoms with Crippen LogP contribution in [-0.4, -0.2) is 23.4 Å². The Labute approximate surface area is 117 Å². The summed E-state index contributed by atoms with van der Waals surface area (Å²) in [5.74, 6) is -1.00. The summed E-state index contributed by atoms with van der Waals surface area (Å²) in [6, 6.07) is 2.94. The molecule has 0 saturated heterocycles. The summed E-state index contributed by atoms with van der Waals surface area (Å²) in [6.07, 6.45) is 0.907. The van der Waals surface area contributed by atoms with E-state index in [-0.39, 0.29) is 35.2 Å². The second kappa shape index (κ2) is 6.08. The fourth-order valence-corrected chi connectivity index (χ4v) is 1.87. The molecule has 0 fully saturated rings. The van der Waals surface area contributed by atoms with Crippen molar-refractivity contribution < 1.29 is 51.1 Å². The van der Waals surface area contributed by atoms with Crippen LogP contribution in [-0.2, 0) is 21.1 Å². The Morgan fingerprint density at radius 3 is 2.38 bits per heavy atom. The Hall–Kier alpha value is 0.01000. The largest absolute Gasteiger partial charge is 1.00 e. The van der Waals surface area contributed by atoms with E-state index in [0.717, 1.165) is 24.5 Å². The van der Waals surface area contributed by atoms with Gasteiger partial charge in [-0.3, -0.25) is 8.93 Å². The summed E-state index contributed by atoms with van der Waals surface area (Å²) in [6.45, 7) is 0. The van der Waals surface area contributed by atoms with Crippen molar-refractivity contribution in [2.45, 2.75) is 4.90 Å². The molecule has 16 heavy (non-hydrogen) atoms. The summed E-state index contributed by atoms with van der Waals surface area (Å²) in [4.78, 5) is -0.506. The van der Waals surface area contributed by atoms with Crippen LogP contribution >= 0.6 is 0 Å². The molecule has 1 atom stereocenters. The van der Waals surface area contributed by atoms with Gasteiger partial charge in [0.25, 0.3) is 0 Å². The number of rotatable bonds is 3. The third-order valence-electron chi connectivity index (χ3n) is 1.41. The third-order valence-corrected chi connectivity index (χ3v) is 2.71. The summed E-state index contributed by atoms with van der Waals surface area (Å²) >= 11 is -2.67. The Morgan fingerprint density at radius 2 is 2.00 bits per heavy atom. The van der Waals surface area contributed by atoms with Crippen LogP contribution < -0.4 is 34.3 Å². The average molecular weight is 275 g/mol. The maximum atomic E-state index is 13.0. The van der Waals surface area contributed by atoms with Crippen molar-refractivity contribution in [3.05, 3.63) is 24.0 Å². The fraction of sp³-hybridized carbons (Fsp3) is 0.143. The van der Waals surface area contributed by atoms with E-state index in [2.05, 4.69) is 0 Å². The van der Waals surface area contributed by atoms with Gasteiger partial charge in [0.1, 0.15) is 5.82 Å². The number of hydrogen-bond acceptors (Lipinski definition) is 4. The van der Waals surface area contributed by atoms with Crippen molar-refractivity contribution in [2.24, 2.45) is 0 Å². The van der Waals surface area contributed by atoms with Gasteiger partial charge in [-0.2, -0.15) is 0 Å². The summed E-state index contributed by atoms with van der Waals surface area (Å²) < 4.78 is 57.5. The molecule has 1 aromatic rings. The minimum atomic E-state index is -3.50. The molecule has 0 saturated carbocycles. The fourth-order valence-electron chi connectivity index (χ4n) is 0.914. The van der Waals surface area contributed by atoms with Gasteiger partial charge in [0.2, 0.25) is 10.0 Å². The van der Waals surface area contributed by atoms with Gasteiger partial charge in [-0.05, 0) is 29.3 Å². The second-order valence-electron chi connectivity index (χ2n) is 2.75. The Bertz CT molecular complexity index is 505. The maximum absolute atomic E-state index is 13.0. The van der Waals surface area contributed by atoms with Crippen molar-refractivity contribution in [1.29, 1.82) is 0 Å². The number of benzene rings is 1.